The number of fused-ring (bicyclic) bond motifs is 3. The van der Waals surface area contributed by atoms with Gasteiger partial charge in [0, 0.05) is 35.8 Å². The molecule has 7 rings (SSSR count). The smallest absolute Gasteiger partial charge is 0.251 e. The summed E-state index contributed by atoms with van der Waals surface area (Å²) in [4.78, 5) is 41.1. The maximum atomic E-state index is 13.5. The number of carbonyl (C=O) groups is 3. The van der Waals surface area contributed by atoms with Crippen molar-refractivity contribution in [1.82, 2.24) is 41.5 Å². The van der Waals surface area contributed by atoms with Crippen LogP contribution in [0.2, 0.25) is 0 Å². The molecule has 3 aromatic rings. The molecule has 0 spiro atoms. The third-order valence-electron chi connectivity index (χ3n) is 10.4. The second-order valence-corrected chi connectivity index (χ2v) is 13.2. The summed E-state index contributed by atoms with van der Waals surface area (Å²) >= 11 is 0. The van der Waals surface area contributed by atoms with E-state index < -0.39 is 5.41 Å². The van der Waals surface area contributed by atoms with E-state index in [4.69, 9.17) is 0 Å². The van der Waals surface area contributed by atoms with Crippen LogP contribution in [0.5, 0.6) is 0 Å². The minimum absolute atomic E-state index is 0.0296. The lowest BCUT2D eigenvalue weighted by molar-refractivity contribution is -0.131. The molecule has 12 nitrogen and oxygen atoms in total. The van der Waals surface area contributed by atoms with Gasteiger partial charge in [-0.05, 0) is 122 Å². The monoisotopic (exact) mass is 621 g/mol. The molecule has 1 saturated heterocycles. The minimum Gasteiger partial charge on any atom is -0.352 e. The van der Waals surface area contributed by atoms with Crippen molar-refractivity contribution in [2.45, 2.75) is 81.8 Å². The first-order chi connectivity index (χ1) is 22.3. The van der Waals surface area contributed by atoms with Gasteiger partial charge in [0.2, 0.25) is 5.91 Å². The number of hydrogen-bond acceptors (Lipinski definition) is 8. The molecular weight excluding hydrogens is 582 g/mol. The van der Waals surface area contributed by atoms with Crippen LogP contribution in [-0.4, -0.2) is 80.5 Å². The number of aromatic nitrogens is 4. The van der Waals surface area contributed by atoms with Crippen molar-refractivity contribution < 1.29 is 14.4 Å². The van der Waals surface area contributed by atoms with Crippen LogP contribution in [0.1, 0.15) is 94.7 Å². The van der Waals surface area contributed by atoms with Crippen LogP contribution in [0.15, 0.2) is 36.4 Å². The number of piperidine rings is 1. The number of amides is 3. The first-order valence-electron chi connectivity index (χ1n) is 16.4. The highest BCUT2D eigenvalue weighted by atomic mass is 16.2. The van der Waals surface area contributed by atoms with Gasteiger partial charge < -0.3 is 20.9 Å². The Morgan fingerprint density at radius 3 is 2.13 bits per heavy atom. The summed E-state index contributed by atoms with van der Waals surface area (Å²) in [5.74, 6) is 0.729. The first kappa shape index (κ1) is 30.0. The SMILES string of the molecule is CCNC(=O)c1ccc2c(c1)CCc1cc(C(=O)NCC)ccc1C2(CC1(NCC(=O)N2[C@H](C#N)C[C@@H]3C[C@@H]32)CC1)c1nnn[nH]1. The number of carbonyl (C=O) groups excluding carboxylic acids is 3. The van der Waals surface area contributed by atoms with Crippen molar-refractivity contribution in [2.24, 2.45) is 5.92 Å². The Bertz CT molecular complexity index is 1660. The molecule has 2 saturated carbocycles. The Balaban J connectivity index is 1.31. The lowest BCUT2D eigenvalue weighted by atomic mass is 9.67. The summed E-state index contributed by atoms with van der Waals surface area (Å²) in [6.07, 6.45) is 5.34. The van der Waals surface area contributed by atoms with E-state index in [-0.39, 0.29) is 41.9 Å². The van der Waals surface area contributed by atoms with Gasteiger partial charge in [-0.15, -0.1) is 5.10 Å². The van der Waals surface area contributed by atoms with E-state index >= 15 is 0 Å². The highest BCUT2D eigenvalue weighted by molar-refractivity contribution is 5.95. The van der Waals surface area contributed by atoms with Crippen molar-refractivity contribution in [1.29, 1.82) is 5.26 Å². The molecule has 12 heteroatoms. The maximum Gasteiger partial charge on any atom is 0.251 e. The van der Waals surface area contributed by atoms with E-state index in [0.717, 1.165) is 47.9 Å². The van der Waals surface area contributed by atoms with Crippen molar-refractivity contribution in [3.63, 3.8) is 0 Å². The van der Waals surface area contributed by atoms with Gasteiger partial charge in [0.25, 0.3) is 11.8 Å². The van der Waals surface area contributed by atoms with Crippen LogP contribution >= 0.6 is 0 Å². The predicted octanol–water partition coefficient (Wildman–Crippen LogP) is 2.16. The molecule has 3 aliphatic carbocycles. The Hall–Kier alpha value is -4.63. The van der Waals surface area contributed by atoms with Crippen LogP contribution < -0.4 is 16.0 Å². The zero-order chi connectivity index (χ0) is 32.1. The summed E-state index contributed by atoms with van der Waals surface area (Å²) in [7, 11) is 0. The van der Waals surface area contributed by atoms with Gasteiger partial charge >= 0.3 is 0 Å². The fourth-order valence-corrected chi connectivity index (χ4v) is 7.88. The molecule has 3 amide bonds. The molecular formula is C34H39N9O3. The molecule has 4 aliphatic rings. The Labute approximate surface area is 267 Å². The molecule has 46 heavy (non-hydrogen) atoms. The standard InChI is InChI=1S/C34H39N9O3/c1-3-36-30(45)22-7-9-26-20(13-22)5-6-21-14-23(31(46)37-4-2)8-10-27(21)34(26,32-39-41-42-40-32)19-33(11-12-33)38-18-29(44)43-25(17-35)15-24-16-28(24)43/h7-10,13-14,24-25,28,38H,3-6,11-12,15-16,18-19H2,1-2H3,(H,36,45)(H,37,46)(H,39,40,41,42)/t24-,25+,28+/m1/s1. The Morgan fingerprint density at radius 1 is 0.978 bits per heavy atom. The summed E-state index contributed by atoms with van der Waals surface area (Å²) < 4.78 is 0. The number of nitrogens with zero attached hydrogens (tertiary/aromatic N) is 5. The lowest BCUT2D eigenvalue weighted by Gasteiger charge is -2.38. The number of aryl methyl sites for hydroxylation is 2. The number of tetrazole rings is 1. The molecule has 3 fully saturated rings. The number of aromatic amines is 1. The molecule has 3 atom stereocenters. The van der Waals surface area contributed by atoms with Gasteiger partial charge in [-0.1, -0.05) is 12.1 Å². The fraction of sp³-hybridized carbons (Fsp3) is 0.500. The van der Waals surface area contributed by atoms with Gasteiger partial charge in [-0.2, -0.15) is 5.26 Å². The summed E-state index contributed by atoms with van der Waals surface area (Å²) in [5.41, 5.74) is 3.93. The Morgan fingerprint density at radius 2 is 1.61 bits per heavy atom. The first-order valence-corrected chi connectivity index (χ1v) is 16.4. The Kier molecular flexibility index (Phi) is 7.59. The zero-order valence-electron chi connectivity index (χ0n) is 26.2. The second kappa shape index (κ2) is 11.6. The van der Waals surface area contributed by atoms with E-state index in [1.807, 2.05) is 50.2 Å². The van der Waals surface area contributed by atoms with Gasteiger partial charge in [0.05, 0.1) is 18.0 Å². The van der Waals surface area contributed by atoms with Gasteiger partial charge in [0.1, 0.15) is 6.04 Å². The number of nitrogens with one attached hydrogen (secondary N) is 4. The largest absolute Gasteiger partial charge is 0.352 e. The minimum atomic E-state index is -0.860. The molecule has 1 aromatic heterocycles. The quantitative estimate of drug-likeness (QED) is 0.267. The van der Waals surface area contributed by atoms with Crippen LogP contribution in [-0.2, 0) is 23.1 Å². The van der Waals surface area contributed by atoms with Crippen LogP contribution in [0.4, 0.5) is 0 Å². The normalized spacial score (nSPS) is 22.8. The maximum absolute atomic E-state index is 13.5. The van der Waals surface area contributed by atoms with E-state index in [0.29, 0.717) is 55.2 Å². The second-order valence-electron chi connectivity index (χ2n) is 13.2. The molecule has 4 N–H and O–H groups in total. The van der Waals surface area contributed by atoms with Crippen molar-refractivity contribution in [3.8, 4) is 6.07 Å². The van der Waals surface area contributed by atoms with E-state index in [1.54, 1.807) is 4.90 Å². The van der Waals surface area contributed by atoms with Crippen LogP contribution in [0.25, 0.3) is 0 Å². The number of benzene rings is 2. The third-order valence-corrected chi connectivity index (χ3v) is 10.4. The lowest BCUT2D eigenvalue weighted by Crippen LogP contribution is -2.48. The van der Waals surface area contributed by atoms with E-state index in [2.05, 4.69) is 42.6 Å². The van der Waals surface area contributed by atoms with Crippen LogP contribution in [0.3, 0.4) is 0 Å². The topological polar surface area (TPSA) is 169 Å². The van der Waals surface area contributed by atoms with Crippen molar-refractivity contribution in [2.75, 3.05) is 19.6 Å². The van der Waals surface area contributed by atoms with E-state index in [1.165, 1.54) is 0 Å². The summed E-state index contributed by atoms with van der Waals surface area (Å²) in [6.45, 7) is 4.99. The molecule has 0 bridgehead atoms. The fourth-order valence-electron chi connectivity index (χ4n) is 7.88. The molecule has 0 unspecified atom stereocenters. The number of hydrogen-bond donors (Lipinski definition) is 4. The van der Waals surface area contributed by atoms with Gasteiger partial charge in [-0.25, -0.2) is 5.10 Å². The van der Waals surface area contributed by atoms with Crippen LogP contribution in [0, 0.1) is 17.2 Å². The van der Waals surface area contributed by atoms with Gasteiger partial charge in [-0.3, -0.25) is 14.4 Å². The predicted molar refractivity (Wildman–Crippen MR) is 168 cm³/mol. The number of rotatable bonds is 10. The molecule has 0 radical (unpaired) electrons. The van der Waals surface area contributed by atoms with E-state index in [9.17, 15) is 19.6 Å². The highest BCUT2D eigenvalue weighted by Gasteiger charge is 2.56. The molecule has 2 heterocycles. The summed E-state index contributed by atoms with van der Waals surface area (Å²) in [5, 5.41) is 34.7. The number of H-pyrrole nitrogens is 1. The van der Waals surface area contributed by atoms with Gasteiger partial charge in [0.15, 0.2) is 5.82 Å². The third kappa shape index (κ3) is 5.12. The zero-order valence-corrected chi connectivity index (χ0v) is 26.2. The molecule has 2 aromatic carbocycles. The highest BCUT2D eigenvalue weighted by Crippen LogP contribution is 2.54. The van der Waals surface area contributed by atoms with Crippen molar-refractivity contribution in [3.05, 3.63) is 75.6 Å². The summed E-state index contributed by atoms with van der Waals surface area (Å²) in [6, 6.07) is 13.8. The number of nitriles is 1. The molecule has 1 aliphatic heterocycles. The average molecular weight is 622 g/mol. The number of likely N-dealkylation sites (tertiary alicyclic amines) is 1. The van der Waals surface area contributed by atoms with Crippen molar-refractivity contribution >= 4 is 17.7 Å². The molecule has 238 valence electrons. The average Bonchev–Trinajstić information content (AvgIpc) is 3.91.